The standard InChI is InChI=1S/C11H19NO3/c1-8(2)15-10-3-5-12-9(7-10)4-6-14-11(12)13/h8-10H,3-7H2,1-2H3. The number of fused-ring (bicyclic) bond motifs is 1. The first-order valence-corrected chi connectivity index (χ1v) is 5.75. The van der Waals surface area contributed by atoms with Gasteiger partial charge in [0.25, 0.3) is 0 Å². The number of piperidine rings is 1. The summed E-state index contributed by atoms with van der Waals surface area (Å²) < 4.78 is 10.8. The normalized spacial score (nSPS) is 31.4. The summed E-state index contributed by atoms with van der Waals surface area (Å²) in [5, 5.41) is 0. The number of carbonyl (C=O) groups is 1. The van der Waals surface area contributed by atoms with E-state index in [0.717, 1.165) is 25.8 Å². The highest BCUT2D eigenvalue weighted by molar-refractivity contribution is 5.68. The Hall–Kier alpha value is -0.770. The molecule has 2 fully saturated rings. The molecule has 2 aliphatic heterocycles. The number of hydrogen-bond acceptors (Lipinski definition) is 3. The molecule has 2 saturated heterocycles. The minimum Gasteiger partial charge on any atom is -0.449 e. The lowest BCUT2D eigenvalue weighted by molar-refractivity contribution is -0.0565. The lowest BCUT2D eigenvalue weighted by Gasteiger charge is -2.41. The molecule has 2 aliphatic rings. The first kappa shape index (κ1) is 10.7. The second-order valence-corrected chi connectivity index (χ2v) is 4.58. The van der Waals surface area contributed by atoms with Gasteiger partial charge in [-0.2, -0.15) is 0 Å². The van der Waals surface area contributed by atoms with Crippen molar-refractivity contribution in [1.82, 2.24) is 4.90 Å². The second kappa shape index (κ2) is 4.39. The van der Waals surface area contributed by atoms with Gasteiger partial charge in [0, 0.05) is 19.0 Å². The SMILES string of the molecule is CC(C)OC1CCN2C(=O)OCCC2C1. The molecule has 4 nitrogen and oxygen atoms in total. The fourth-order valence-corrected chi connectivity index (χ4v) is 2.40. The zero-order valence-electron chi connectivity index (χ0n) is 9.44. The van der Waals surface area contributed by atoms with E-state index in [0.29, 0.717) is 18.8 Å². The van der Waals surface area contributed by atoms with Gasteiger partial charge < -0.3 is 14.4 Å². The van der Waals surface area contributed by atoms with E-state index in [4.69, 9.17) is 9.47 Å². The molecule has 0 saturated carbocycles. The van der Waals surface area contributed by atoms with Gasteiger partial charge in [0.15, 0.2) is 0 Å². The summed E-state index contributed by atoms with van der Waals surface area (Å²) >= 11 is 0. The molecule has 2 rings (SSSR count). The molecule has 0 aromatic carbocycles. The molecule has 0 aromatic rings. The largest absolute Gasteiger partial charge is 0.449 e. The molecule has 0 bridgehead atoms. The summed E-state index contributed by atoms with van der Waals surface area (Å²) in [6, 6.07) is 0.337. The van der Waals surface area contributed by atoms with Crippen LogP contribution in [0.1, 0.15) is 33.1 Å². The maximum Gasteiger partial charge on any atom is 0.410 e. The van der Waals surface area contributed by atoms with Gasteiger partial charge in [0.1, 0.15) is 0 Å². The highest BCUT2D eigenvalue weighted by Gasteiger charge is 2.35. The van der Waals surface area contributed by atoms with E-state index in [9.17, 15) is 4.79 Å². The summed E-state index contributed by atoms with van der Waals surface area (Å²) in [4.78, 5) is 13.3. The average molecular weight is 213 g/mol. The molecule has 2 heterocycles. The lowest BCUT2D eigenvalue weighted by Crippen LogP contribution is -2.52. The summed E-state index contributed by atoms with van der Waals surface area (Å²) in [5.74, 6) is 0. The summed E-state index contributed by atoms with van der Waals surface area (Å²) in [7, 11) is 0. The van der Waals surface area contributed by atoms with Crippen LogP contribution in [0.3, 0.4) is 0 Å². The maximum atomic E-state index is 11.4. The number of ether oxygens (including phenoxy) is 2. The Labute approximate surface area is 90.5 Å². The van der Waals surface area contributed by atoms with Crippen LogP contribution in [0.15, 0.2) is 0 Å². The Morgan fingerprint density at radius 2 is 2.27 bits per heavy atom. The van der Waals surface area contributed by atoms with Gasteiger partial charge >= 0.3 is 6.09 Å². The number of cyclic esters (lactones) is 1. The third kappa shape index (κ3) is 2.43. The minimum atomic E-state index is -0.144. The van der Waals surface area contributed by atoms with Gasteiger partial charge in [-0.05, 0) is 26.7 Å². The fourth-order valence-electron chi connectivity index (χ4n) is 2.40. The monoisotopic (exact) mass is 213 g/mol. The summed E-state index contributed by atoms with van der Waals surface area (Å²) in [6.07, 6.45) is 3.30. The number of nitrogens with zero attached hydrogens (tertiary/aromatic N) is 1. The third-order valence-corrected chi connectivity index (χ3v) is 3.04. The van der Waals surface area contributed by atoms with Gasteiger partial charge in [0.2, 0.25) is 0 Å². The first-order chi connectivity index (χ1) is 7.16. The lowest BCUT2D eigenvalue weighted by atomic mass is 9.96. The maximum absolute atomic E-state index is 11.4. The molecule has 15 heavy (non-hydrogen) atoms. The van der Waals surface area contributed by atoms with Crippen LogP contribution in [0.25, 0.3) is 0 Å². The second-order valence-electron chi connectivity index (χ2n) is 4.58. The highest BCUT2D eigenvalue weighted by Crippen LogP contribution is 2.26. The zero-order valence-corrected chi connectivity index (χ0v) is 9.44. The molecule has 0 spiro atoms. The first-order valence-electron chi connectivity index (χ1n) is 5.75. The Balaban J connectivity index is 1.91. The number of hydrogen-bond donors (Lipinski definition) is 0. The van der Waals surface area contributed by atoms with Crippen LogP contribution in [0, 0.1) is 0 Å². The Morgan fingerprint density at radius 3 is 3.00 bits per heavy atom. The molecule has 1 amide bonds. The van der Waals surface area contributed by atoms with E-state index in [1.54, 1.807) is 0 Å². The van der Waals surface area contributed by atoms with Crippen molar-refractivity contribution in [3.05, 3.63) is 0 Å². The van der Waals surface area contributed by atoms with Crippen molar-refractivity contribution in [2.75, 3.05) is 13.2 Å². The molecule has 0 aromatic heterocycles. The van der Waals surface area contributed by atoms with Crippen LogP contribution in [0.2, 0.25) is 0 Å². The Kier molecular flexibility index (Phi) is 3.14. The van der Waals surface area contributed by atoms with Crippen LogP contribution in [-0.4, -0.2) is 42.4 Å². The van der Waals surface area contributed by atoms with Crippen molar-refractivity contribution in [3.8, 4) is 0 Å². The minimum absolute atomic E-state index is 0.144. The van der Waals surface area contributed by atoms with Crippen molar-refractivity contribution in [1.29, 1.82) is 0 Å². The smallest absolute Gasteiger partial charge is 0.410 e. The molecule has 0 radical (unpaired) electrons. The predicted octanol–water partition coefficient (Wildman–Crippen LogP) is 1.78. The van der Waals surface area contributed by atoms with E-state index in [1.807, 2.05) is 4.90 Å². The van der Waals surface area contributed by atoms with Crippen LogP contribution < -0.4 is 0 Å². The van der Waals surface area contributed by atoms with Crippen molar-refractivity contribution in [2.45, 2.75) is 51.4 Å². The molecular weight excluding hydrogens is 194 g/mol. The van der Waals surface area contributed by atoms with Crippen LogP contribution in [0.5, 0.6) is 0 Å². The van der Waals surface area contributed by atoms with Crippen LogP contribution >= 0.6 is 0 Å². The topological polar surface area (TPSA) is 38.8 Å². The van der Waals surface area contributed by atoms with Crippen LogP contribution in [-0.2, 0) is 9.47 Å². The Bertz CT molecular complexity index is 242. The molecule has 86 valence electrons. The van der Waals surface area contributed by atoms with E-state index in [-0.39, 0.29) is 12.2 Å². The van der Waals surface area contributed by atoms with Gasteiger partial charge in [-0.15, -0.1) is 0 Å². The number of carbonyl (C=O) groups excluding carboxylic acids is 1. The van der Waals surface area contributed by atoms with Crippen LogP contribution in [0.4, 0.5) is 4.79 Å². The quantitative estimate of drug-likeness (QED) is 0.702. The van der Waals surface area contributed by atoms with Crippen molar-refractivity contribution in [3.63, 3.8) is 0 Å². The highest BCUT2D eigenvalue weighted by atomic mass is 16.6. The van der Waals surface area contributed by atoms with E-state index in [2.05, 4.69) is 13.8 Å². The van der Waals surface area contributed by atoms with Gasteiger partial charge in [-0.3, -0.25) is 0 Å². The van der Waals surface area contributed by atoms with Gasteiger partial charge in [-0.1, -0.05) is 0 Å². The van der Waals surface area contributed by atoms with E-state index < -0.39 is 0 Å². The van der Waals surface area contributed by atoms with E-state index in [1.165, 1.54) is 0 Å². The van der Waals surface area contributed by atoms with Crippen molar-refractivity contribution in [2.24, 2.45) is 0 Å². The molecule has 0 aliphatic carbocycles. The zero-order chi connectivity index (χ0) is 10.8. The number of amides is 1. The van der Waals surface area contributed by atoms with Crippen molar-refractivity contribution < 1.29 is 14.3 Å². The molecule has 0 N–H and O–H groups in total. The molecule has 2 atom stereocenters. The molecular formula is C11H19NO3. The summed E-state index contributed by atoms with van der Waals surface area (Å²) in [6.45, 7) is 5.46. The summed E-state index contributed by atoms with van der Waals surface area (Å²) in [5.41, 5.74) is 0. The Morgan fingerprint density at radius 1 is 1.47 bits per heavy atom. The van der Waals surface area contributed by atoms with Gasteiger partial charge in [-0.25, -0.2) is 4.79 Å². The third-order valence-electron chi connectivity index (χ3n) is 3.04. The van der Waals surface area contributed by atoms with Gasteiger partial charge in [0.05, 0.1) is 18.8 Å². The number of rotatable bonds is 2. The molecule has 2 unspecified atom stereocenters. The van der Waals surface area contributed by atoms with Crippen molar-refractivity contribution >= 4 is 6.09 Å². The van der Waals surface area contributed by atoms with E-state index >= 15 is 0 Å². The average Bonchev–Trinajstić information content (AvgIpc) is 2.17. The molecule has 4 heteroatoms. The fraction of sp³-hybridized carbons (Fsp3) is 0.909. The predicted molar refractivity (Wildman–Crippen MR) is 55.7 cm³/mol.